The van der Waals surface area contributed by atoms with Crippen LogP contribution < -0.4 is 15.0 Å². The first-order valence-electron chi connectivity index (χ1n) is 7.31. The van der Waals surface area contributed by atoms with E-state index in [0.29, 0.717) is 33.7 Å². The van der Waals surface area contributed by atoms with Crippen LogP contribution in [0.5, 0.6) is 5.75 Å². The number of hydrogen-bond donors (Lipinski definition) is 1. The molecule has 2 aromatic rings. The zero-order valence-corrected chi connectivity index (χ0v) is 14.1. The Hall–Kier alpha value is -2.24. The van der Waals surface area contributed by atoms with Crippen LogP contribution in [0.1, 0.15) is 6.42 Å². The number of rotatable bonds is 3. The Kier molecular flexibility index (Phi) is 4.92. The molecule has 0 saturated carbocycles. The quantitative estimate of drug-likeness (QED) is 0.901. The number of carbonyl (C=O) groups excluding carboxylic acids is 2. The zero-order chi connectivity index (χ0) is 17.1. The Morgan fingerprint density at radius 3 is 2.79 bits per heavy atom. The summed E-state index contributed by atoms with van der Waals surface area (Å²) in [4.78, 5) is 25.9. The molecule has 0 saturated heterocycles. The molecule has 5 nitrogen and oxygen atoms in total. The molecule has 0 fully saturated rings. The van der Waals surface area contributed by atoms with Gasteiger partial charge in [0.05, 0.1) is 16.4 Å². The fourth-order valence-electron chi connectivity index (χ4n) is 2.43. The highest BCUT2D eigenvalue weighted by Gasteiger charge is 2.24. The molecule has 0 radical (unpaired) electrons. The van der Waals surface area contributed by atoms with Gasteiger partial charge in [0.1, 0.15) is 5.75 Å². The predicted molar refractivity (Wildman–Crippen MR) is 94.0 cm³/mol. The van der Waals surface area contributed by atoms with Gasteiger partial charge < -0.3 is 15.0 Å². The maximum atomic E-state index is 12.6. The molecule has 1 heterocycles. The molecule has 2 amide bonds. The van der Waals surface area contributed by atoms with Crippen LogP contribution in [-0.4, -0.2) is 25.0 Å². The standard InChI is InChI=1S/C17H14Cl2N2O3/c18-11-5-6-15(12(19)9-11)24-10-17(23)21-8-7-16(22)20-13-3-1-2-4-14(13)21/h1-6,9H,7-8,10H2,(H,20,22). The van der Waals surface area contributed by atoms with E-state index in [1.807, 2.05) is 6.07 Å². The van der Waals surface area contributed by atoms with Crippen molar-refractivity contribution in [1.82, 2.24) is 0 Å². The van der Waals surface area contributed by atoms with Crippen molar-refractivity contribution in [2.24, 2.45) is 0 Å². The van der Waals surface area contributed by atoms with Gasteiger partial charge in [-0.2, -0.15) is 0 Å². The minimum Gasteiger partial charge on any atom is -0.482 e. The van der Waals surface area contributed by atoms with Gasteiger partial charge in [0.25, 0.3) is 5.91 Å². The highest BCUT2D eigenvalue weighted by Crippen LogP contribution is 2.30. The van der Waals surface area contributed by atoms with E-state index in [-0.39, 0.29) is 24.8 Å². The number of fused-ring (bicyclic) bond motifs is 1. The molecule has 124 valence electrons. The van der Waals surface area contributed by atoms with Crippen molar-refractivity contribution in [2.75, 3.05) is 23.4 Å². The second-order valence-electron chi connectivity index (χ2n) is 5.22. The van der Waals surface area contributed by atoms with Crippen LogP contribution in [0.15, 0.2) is 42.5 Å². The first kappa shape index (κ1) is 16.6. The minimum absolute atomic E-state index is 0.126. The smallest absolute Gasteiger partial charge is 0.264 e. The molecular formula is C17H14Cl2N2O3. The van der Waals surface area contributed by atoms with Gasteiger partial charge >= 0.3 is 0 Å². The summed E-state index contributed by atoms with van der Waals surface area (Å²) < 4.78 is 5.50. The first-order valence-corrected chi connectivity index (χ1v) is 8.07. The monoisotopic (exact) mass is 364 g/mol. The van der Waals surface area contributed by atoms with Crippen molar-refractivity contribution in [3.05, 3.63) is 52.5 Å². The third kappa shape index (κ3) is 3.63. The Bertz CT molecular complexity index is 795. The summed E-state index contributed by atoms with van der Waals surface area (Å²) in [6, 6.07) is 12.0. The Labute approximate surface area is 149 Å². The maximum absolute atomic E-state index is 12.6. The lowest BCUT2D eigenvalue weighted by Gasteiger charge is -2.22. The van der Waals surface area contributed by atoms with E-state index in [0.717, 1.165) is 0 Å². The largest absolute Gasteiger partial charge is 0.482 e. The number of para-hydroxylation sites is 2. The number of benzene rings is 2. The van der Waals surface area contributed by atoms with Crippen LogP contribution in [0.3, 0.4) is 0 Å². The van der Waals surface area contributed by atoms with Gasteiger partial charge in [-0.05, 0) is 30.3 Å². The van der Waals surface area contributed by atoms with Crippen LogP contribution in [0, 0.1) is 0 Å². The summed E-state index contributed by atoms with van der Waals surface area (Å²) in [5.74, 6) is -0.00361. The van der Waals surface area contributed by atoms with Crippen LogP contribution in [0.25, 0.3) is 0 Å². The average Bonchev–Trinajstić information content (AvgIpc) is 2.72. The lowest BCUT2D eigenvalue weighted by Crippen LogP contribution is -2.35. The van der Waals surface area contributed by atoms with Crippen molar-refractivity contribution < 1.29 is 14.3 Å². The number of amides is 2. The summed E-state index contributed by atoms with van der Waals surface area (Å²) in [5, 5.41) is 3.61. The van der Waals surface area contributed by atoms with Crippen molar-refractivity contribution >= 4 is 46.4 Å². The molecule has 2 aromatic carbocycles. The summed E-state index contributed by atoms with van der Waals surface area (Å²) in [7, 11) is 0. The summed E-state index contributed by atoms with van der Waals surface area (Å²) in [6.07, 6.45) is 0.224. The number of hydrogen-bond acceptors (Lipinski definition) is 3. The second kappa shape index (κ2) is 7.11. The molecule has 3 rings (SSSR count). The van der Waals surface area contributed by atoms with E-state index >= 15 is 0 Å². The van der Waals surface area contributed by atoms with E-state index in [1.54, 1.807) is 36.4 Å². The average molecular weight is 365 g/mol. The number of anilines is 2. The number of halogens is 2. The molecule has 0 spiro atoms. The highest BCUT2D eigenvalue weighted by atomic mass is 35.5. The Morgan fingerprint density at radius 1 is 1.21 bits per heavy atom. The van der Waals surface area contributed by atoms with Crippen molar-refractivity contribution in [3.8, 4) is 5.75 Å². The lowest BCUT2D eigenvalue weighted by molar-refractivity contribution is -0.120. The van der Waals surface area contributed by atoms with Gasteiger partial charge in [0, 0.05) is 18.0 Å². The van der Waals surface area contributed by atoms with E-state index < -0.39 is 0 Å². The molecule has 0 aromatic heterocycles. The molecule has 0 atom stereocenters. The highest BCUT2D eigenvalue weighted by molar-refractivity contribution is 6.35. The number of carbonyl (C=O) groups is 2. The Balaban J connectivity index is 1.76. The summed E-state index contributed by atoms with van der Waals surface area (Å²) >= 11 is 11.9. The van der Waals surface area contributed by atoms with E-state index in [2.05, 4.69) is 5.32 Å². The van der Waals surface area contributed by atoms with Gasteiger partial charge in [0.2, 0.25) is 5.91 Å². The third-order valence-corrected chi connectivity index (χ3v) is 4.11. The van der Waals surface area contributed by atoms with Crippen molar-refractivity contribution in [1.29, 1.82) is 0 Å². The number of ether oxygens (including phenoxy) is 1. The summed E-state index contributed by atoms with van der Waals surface area (Å²) in [6.45, 7) is 0.100. The van der Waals surface area contributed by atoms with Gasteiger partial charge in [-0.25, -0.2) is 0 Å². The topological polar surface area (TPSA) is 58.6 Å². The van der Waals surface area contributed by atoms with E-state index in [4.69, 9.17) is 27.9 Å². The van der Waals surface area contributed by atoms with E-state index in [1.165, 1.54) is 4.90 Å². The molecule has 0 bridgehead atoms. The van der Waals surface area contributed by atoms with Crippen molar-refractivity contribution in [3.63, 3.8) is 0 Å². The van der Waals surface area contributed by atoms with Crippen molar-refractivity contribution in [2.45, 2.75) is 6.42 Å². The third-order valence-electron chi connectivity index (χ3n) is 3.58. The first-order chi connectivity index (χ1) is 11.5. The Morgan fingerprint density at radius 2 is 2.00 bits per heavy atom. The fraction of sp³-hybridized carbons (Fsp3) is 0.176. The van der Waals surface area contributed by atoms with E-state index in [9.17, 15) is 9.59 Å². The molecule has 0 unspecified atom stereocenters. The fourth-order valence-corrected chi connectivity index (χ4v) is 2.89. The zero-order valence-electron chi connectivity index (χ0n) is 12.6. The number of nitrogens with zero attached hydrogens (tertiary/aromatic N) is 1. The van der Waals surface area contributed by atoms with Crippen LogP contribution in [0.4, 0.5) is 11.4 Å². The SMILES string of the molecule is O=C1CCN(C(=O)COc2ccc(Cl)cc2Cl)c2ccccc2N1. The van der Waals surface area contributed by atoms with Gasteiger partial charge in [-0.15, -0.1) is 0 Å². The van der Waals surface area contributed by atoms with Crippen LogP contribution >= 0.6 is 23.2 Å². The molecule has 1 N–H and O–H groups in total. The molecule has 0 aliphatic carbocycles. The predicted octanol–water partition coefficient (Wildman–Crippen LogP) is 3.75. The van der Waals surface area contributed by atoms with Gasteiger partial charge in [0.15, 0.2) is 6.61 Å². The molecule has 7 heteroatoms. The molecule has 1 aliphatic rings. The van der Waals surface area contributed by atoms with Gasteiger partial charge in [-0.1, -0.05) is 35.3 Å². The number of nitrogens with one attached hydrogen (secondary N) is 1. The second-order valence-corrected chi connectivity index (χ2v) is 6.07. The summed E-state index contributed by atoms with van der Waals surface area (Å²) in [5.41, 5.74) is 1.26. The van der Waals surface area contributed by atoms with Gasteiger partial charge in [-0.3, -0.25) is 9.59 Å². The molecular weight excluding hydrogens is 351 g/mol. The van der Waals surface area contributed by atoms with Crippen LogP contribution in [0.2, 0.25) is 10.0 Å². The molecule has 24 heavy (non-hydrogen) atoms. The molecule has 1 aliphatic heterocycles. The minimum atomic E-state index is -0.259. The van der Waals surface area contributed by atoms with Crippen LogP contribution in [-0.2, 0) is 9.59 Å². The normalized spacial score (nSPS) is 13.8. The lowest BCUT2D eigenvalue weighted by atomic mass is 10.2. The maximum Gasteiger partial charge on any atom is 0.264 e.